The van der Waals surface area contributed by atoms with E-state index in [1.165, 1.54) is 5.06 Å². The molecule has 0 saturated carbocycles. The molecule has 0 aromatic carbocycles. The molecular formula is C6H11NO2. The number of carbonyl (C=O) groups excluding carboxylic acids is 1. The van der Waals surface area contributed by atoms with Crippen molar-refractivity contribution in [1.29, 1.82) is 0 Å². The second-order valence-corrected chi connectivity index (χ2v) is 1.41. The van der Waals surface area contributed by atoms with Gasteiger partial charge in [-0.25, -0.2) is 5.06 Å². The van der Waals surface area contributed by atoms with Crippen LogP contribution in [0.1, 0.15) is 6.92 Å². The van der Waals surface area contributed by atoms with Gasteiger partial charge < -0.3 is 0 Å². The predicted octanol–water partition coefficient (Wildman–Crippen LogP) is 0.582. The van der Waals surface area contributed by atoms with Gasteiger partial charge in [0.05, 0.1) is 13.2 Å². The van der Waals surface area contributed by atoms with Gasteiger partial charge in [0.15, 0.2) is 0 Å². The fourth-order valence-electron chi connectivity index (χ4n) is 0.419. The van der Waals surface area contributed by atoms with Crippen molar-refractivity contribution in [3.63, 3.8) is 0 Å². The maximum atomic E-state index is 10.0. The van der Waals surface area contributed by atoms with Crippen LogP contribution >= 0.6 is 0 Å². The molecule has 9 heavy (non-hydrogen) atoms. The molecule has 3 nitrogen and oxygen atoms in total. The second kappa shape index (κ2) is 5.31. The van der Waals surface area contributed by atoms with Crippen molar-refractivity contribution in [1.82, 2.24) is 5.06 Å². The predicted molar refractivity (Wildman–Crippen MR) is 34.6 cm³/mol. The fraction of sp³-hybridized carbons (Fsp3) is 0.500. The van der Waals surface area contributed by atoms with E-state index >= 15 is 0 Å². The van der Waals surface area contributed by atoms with Crippen molar-refractivity contribution < 1.29 is 9.63 Å². The summed E-state index contributed by atoms with van der Waals surface area (Å²) in [6, 6.07) is 0. The maximum Gasteiger partial charge on any atom is 0.233 e. The van der Waals surface area contributed by atoms with E-state index in [9.17, 15) is 4.79 Å². The lowest BCUT2D eigenvalue weighted by Crippen LogP contribution is -2.21. The van der Waals surface area contributed by atoms with E-state index in [1.807, 2.05) is 6.92 Å². The minimum absolute atomic E-state index is 0.442. The van der Waals surface area contributed by atoms with Gasteiger partial charge in [0.25, 0.3) is 0 Å². The van der Waals surface area contributed by atoms with Crippen molar-refractivity contribution in [2.45, 2.75) is 6.92 Å². The van der Waals surface area contributed by atoms with Crippen LogP contribution in [0.4, 0.5) is 0 Å². The quantitative estimate of drug-likeness (QED) is 0.309. The summed E-state index contributed by atoms with van der Waals surface area (Å²) in [6.07, 6.45) is 2.23. The van der Waals surface area contributed by atoms with Crippen LogP contribution in [-0.2, 0) is 9.63 Å². The molecular weight excluding hydrogens is 118 g/mol. The molecule has 0 fully saturated rings. The van der Waals surface area contributed by atoms with E-state index in [2.05, 4.69) is 6.58 Å². The van der Waals surface area contributed by atoms with Crippen LogP contribution in [0, 0.1) is 0 Å². The summed E-state index contributed by atoms with van der Waals surface area (Å²) in [5.74, 6) is 0. The van der Waals surface area contributed by atoms with Gasteiger partial charge in [-0.1, -0.05) is 6.08 Å². The number of nitrogens with zero attached hydrogens (tertiary/aromatic N) is 1. The minimum atomic E-state index is 0.442. The molecule has 3 heteroatoms. The smallest absolute Gasteiger partial charge is 0.233 e. The SMILES string of the molecule is C=CCN(C=O)OCC. The molecule has 0 aliphatic rings. The highest BCUT2D eigenvalue weighted by Crippen LogP contribution is 1.83. The molecule has 1 amide bonds. The Kier molecular flexibility index (Phi) is 4.82. The first-order chi connectivity index (χ1) is 4.35. The van der Waals surface area contributed by atoms with Gasteiger partial charge in [-0.3, -0.25) is 9.63 Å². The third-order valence-corrected chi connectivity index (χ3v) is 0.722. The Hall–Kier alpha value is -0.830. The van der Waals surface area contributed by atoms with Crippen LogP contribution in [0.15, 0.2) is 12.7 Å². The van der Waals surface area contributed by atoms with E-state index in [4.69, 9.17) is 4.84 Å². The maximum absolute atomic E-state index is 10.0. The van der Waals surface area contributed by atoms with E-state index < -0.39 is 0 Å². The summed E-state index contributed by atoms with van der Waals surface area (Å²) in [7, 11) is 0. The Morgan fingerprint density at radius 1 is 1.78 bits per heavy atom. The van der Waals surface area contributed by atoms with E-state index in [0.717, 1.165) is 0 Å². The molecule has 0 heterocycles. The van der Waals surface area contributed by atoms with Crippen molar-refractivity contribution in [2.75, 3.05) is 13.2 Å². The van der Waals surface area contributed by atoms with Crippen LogP contribution in [-0.4, -0.2) is 24.6 Å². The largest absolute Gasteiger partial charge is 0.276 e. The molecule has 0 aromatic rings. The molecule has 0 aliphatic heterocycles. The standard InChI is InChI=1S/C6H11NO2/c1-3-5-7(6-8)9-4-2/h3,6H,1,4-5H2,2H3. The minimum Gasteiger partial charge on any atom is -0.276 e. The van der Waals surface area contributed by atoms with Crippen molar-refractivity contribution >= 4 is 6.41 Å². The summed E-state index contributed by atoms with van der Waals surface area (Å²) in [6.45, 7) is 6.22. The molecule has 0 unspecified atom stereocenters. The fourth-order valence-corrected chi connectivity index (χ4v) is 0.419. The highest BCUT2D eigenvalue weighted by atomic mass is 16.7. The number of hydrogen-bond donors (Lipinski definition) is 0. The Balaban J connectivity index is 3.40. The lowest BCUT2D eigenvalue weighted by molar-refractivity contribution is -0.166. The summed E-state index contributed by atoms with van der Waals surface area (Å²) < 4.78 is 0. The van der Waals surface area contributed by atoms with E-state index in [0.29, 0.717) is 19.6 Å². The summed E-state index contributed by atoms with van der Waals surface area (Å²) in [4.78, 5) is 14.9. The van der Waals surface area contributed by atoms with Gasteiger partial charge in [-0.15, -0.1) is 6.58 Å². The first-order valence-corrected chi connectivity index (χ1v) is 2.80. The third kappa shape index (κ3) is 3.73. The van der Waals surface area contributed by atoms with Gasteiger partial charge in [0, 0.05) is 0 Å². The van der Waals surface area contributed by atoms with Crippen molar-refractivity contribution in [2.24, 2.45) is 0 Å². The molecule has 0 bridgehead atoms. The molecule has 52 valence electrons. The lowest BCUT2D eigenvalue weighted by Gasteiger charge is -2.11. The Morgan fingerprint density at radius 2 is 2.44 bits per heavy atom. The van der Waals surface area contributed by atoms with Gasteiger partial charge in [0.1, 0.15) is 0 Å². The van der Waals surface area contributed by atoms with Gasteiger partial charge in [0.2, 0.25) is 6.41 Å². The number of amides is 1. The second-order valence-electron chi connectivity index (χ2n) is 1.41. The summed E-state index contributed by atoms with van der Waals surface area (Å²) in [5.41, 5.74) is 0. The summed E-state index contributed by atoms with van der Waals surface area (Å²) in [5, 5.41) is 1.19. The average Bonchev–Trinajstić information content (AvgIpc) is 1.88. The molecule has 0 spiro atoms. The highest BCUT2D eigenvalue weighted by Gasteiger charge is 1.93. The van der Waals surface area contributed by atoms with Gasteiger partial charge >= 0.3 is 0 Å². The Morgan fingerprint density at radius 3 is 2.78 bits per heavy atom. The molecule has 0 rings (SSSR count). The molecule has 0 aromatic heterocycles. The van der Waals surface area contributed by atoms with E-state index in [1.54, 1.807) is 6.08 Å². The van der Waals surface area contributed by atoms with Crippen LogP contribution in [0.5, 0.6) is 0 Å². The Bertz CT molecular complexity index is 93.1. The number of carbonyl (C=O) groups is 1. The molecule has 0 N–H and O–H groups in total. The van der Waals surface area contributed by atoms with Crippen LogP contribution in [0.3, 0.4) is 0 Å². The average molecular weight is 129 g/mol. The molecule has 0 aliphatic carbocycles. The van der Waals surface area contributed by atoms with Crippen LogP contribution in [0.2, 0.25) is 0 Å². The Labute approximate surface area is 54.9 Å². The first kappa shape index (κ1) is 8.17. The zero-order chi connectivity index (χ0) is 7.11. The molecule has 0 atom stereocenters. The number of hydrogen-bond acceptors (Lipinski definition) is 2. The normalized spacial score (nSPS) is 8.56. The lowest BCUT2D eigenvalue weighted by atomic mass is 10.6. The zero-order valence-electron chi connectivity index (χ0n) is 5.54. The molecule has 0 radical (unpaired) electrons. The van der Waals surface area contributed by atoms with Crippen molar-refractivity contribution in [3.8, 4) is 0 Å². The number of rotatable bonds is 5. The third-order valence-electron chi connectivity index (χ3n) is 0.722. The highest BCUT2D eigenvalue weighted by molar-refractivity contribution is 5.45. The monoisotopic (exact) mass is 129 g/mol. The van der Waals surface area contributed by atoms with Gasteiger partial charge in [-0.2, -0.15) is 0 Å². The topological polar surface area (TPSA) is 29.5 Å². The van der Waals surface area contributed by atoms with Crippen LogP contribution < -0.4 is 0 Å². The zero-order valence-corrected chi connectivity index (χ0v) is 5.54. The van der Waals surface area contributed by atoms with Gasteiger partial charge in [-0.05, 0) is 6.92 Å². The van der Waals surface area contributed by atoms with Crippen LogP contribution in [0.25, 0.3) is 0 Å². The first-order valence-electron chi connectivity index (χ1n) is 2.80. The number of hydroxylamine groups is 2. The molecule has 0 saturated heterocycles. The van der Waals surface area contributed by atoms with E-state index in [-0.39, 0.29) is 0 Å². The van der Waals surface area contributed by atoms with Crippen molar-refractivity contribution in [3.05, 3.63) is 12.7 Å². The summed E-state index contributed by atoms with van der Waals surface area (Å²) >= 11 is 0.